The van der Waals surface area contributed by atoms with E-state index in [9.17, 15) is 35.6 Å². The molecule has 1 unspecified atom stereocenters. The highest BCUT2D eigenvalue weighted by molar-refractivity contribution is 7.90. The molecule has 2 aromatic carbocycles. The second-order valence-electron chi connectivity index (χ2n) is 11.8. The number of halogens is 4. The lowest BCUT2D eigenvalue weighted by Gasteiger charge is -2.33. The summed E-state index contributed by atoms with van der Waals surface area (Å²) < 4.78 is 104. The first-order valence-electron chi connectivity index (χ1n) is 15.9. The summed E-state index contributed by atoms with van der Waals surface area (Å²) in [6.07, 6.45) is -5.10. The summed E-state index contributed by atoms with van der Waals surface area (Å²) in [4.78, 5) is 24.2. The number of nitrogens with zero attached hydrogens (tertiary/aromatic N) is 1. The molecule has 12 nitrogen and oxygen atoms in total. The van der Waals surface area contributed by atoms with Crippen molar-refractivity contribution >= 4 is 54.9 Å². The summed E-state index contributed by atoms with van der Waals surface area (Å²) >= 11 is 1.14. The van der Waals surface area contributed by atoms with E-state index in [1.54, 1.807) is 16.9 Å². The third-order valence-electron chi connectivity index (χ3n) is 7.97. The van der Waals surface area contributed by atoms with Gasteiger partial charge in [0.15, 0.2) is 6.10 Å². The van der Waals surface area contributed by atoms with Gasteiger partial charge in [-0.25, -0.2) is 22.3 Å². The molecule has 2 aliphatic rings. The highest BCUT2D eigenvalue weighted by Gasteiger charge is 2.32. The fraction of sp³-hybridized carbons (Fsp3) is 0.455. The maximum absolute atomic E-state index is 15.0. The Labute approximate surface area is 295 Å². The molecule has 3 N–H and O–H groups in total. The molecule has 2 saturated heterocycles. The average Bonchev–Trinajstić information content (AvgIpc) is 3.62. The lowest BCUT2D eigenvalue weighted by Crippen LogP contribution is -2.43. The van der Waals surface area contributed by atoms with Gasteiger partial charge in [-0.3, -0.25) is 9.69 Å². The number of fused-ring (bicyclic) bond motifs is 1. The van der Waals surface area contributed by atoms with Crippen molar-refractivity contribution in [1.29, 1.82) is 0 Å². The highest BCUT2D eigenvalue weighted by Crippen LogP contribution is 2.39. The van der Waals surface area contributed by atoms with Crippen LogP contribution in [0, 0.1) is 17.7 Å². The van der Waals surface area contributed by atoms with Gasteiger partial charge in [-0.1, -0.05) is 24.0 Å². The van der Waals surface area contributed by atoms with E-state index in [0.717, 1.165) is 56.3 Å². The number of nitrogens with one attached hydrogen (secondary N) is 3. The van der Waals surface area contributed by atoms with Gasteiger partial charge >= 0.3 is 12.3 Å². The van der Waals surface area contributed by atoms with Crippen LogP contribution < -0.4 is 20.1 Å². The smallest absolute Gasteiger partial charge is 0.489 e. The van der Waals surface area contributed by atoms with Crippen LogP contribution in [0.5, 0.6) is 5.75 Å². The topological polar surface area (TPSA) is 145 Å². The van der Waals surface area contributed by atoms with Crippen LogP contribution in [-0.4, -0.2) is 96.8 Å². The van der Waals surface area contributed by atoms with E-state index in [4.69, 9.17) is 18.9 Å². The maximum atomic E-state index is 15.0. The number of alkyl halides is 3. The molecule has 0 spiro atoms. The molecule has 1 amide bonds. The fourth-order valence-electron chi connectivity index (χ4n) is 5.73. The number of ether oxygens (including phenoxy) is 4. The monoisotopic (exact) mass is 756 g/mol. The summed E-state index contributed by atoms with van der Waals surface area (Å²) in [7, 11) is -3.11. The molecule has 0 aliphatic carbocycles. The lowest BCUT2D eigenvalue weighted by atomic mass is 10.0. The Morgan fingerprint density at radius 2 is 1.92 bits per heavy atom. The molecule has 18 heteroatoms. The number of hydrogen-bond acceptors (Lipinski definition) is 12. The van der Waals surface area contributed by atoms with Gasteiger partial charge in [-0.2, -0.15) is 13.2 Å². The predicted octanol–water partition coefficient (Wildman–Crippen LogP) is 4.87. The van der Waals surface area contributed by atoms with Crippen molar-refractivity contribution in [3.63, 3.8) is 0 Å². The van der Waals surface area contributed by atoms with Crippen molar-refractivity contribution in [3.8, 4) is 17.6 Å². The van der Waals surface area contributed by atoms with Crippen molar-refractivity contribution < 1.29 is 54.5 Å². The van der Waals surface area contributed by atoms with E-state index in [2.05, 4.69) is 27.4 Å². The summed E-state index contributed by atoms with van der Waals surface area (Å²) in [6.45, 7) is 3.19. The predicted molar refractivity (Wildman–Crippen MR) is 181 cm³/mol. The summed E-state index contributed by atoms with van der Waals surface area (Å²) in [6, 6.07) is 7.02. The first-order valence-corrected chi connectivity index (χ1v) is 18.2. The van der Waals surface area contributed by atoms with Gasteiger partial charge < -0.3 is 29.6 Å². The van der Waals surface area contributed by atoms with Gasteiger partial charge in [0.05, 0.1) is 40.5 Å². The molecule has 0 bridgehead atoms. The van der Waals surface area contributed by atoms with Crippen LogP contribution in [0.3, 0.4) is 0 Å². The van der Waals surface area contributed by atoms with Crippen LogP contribution in [0.1, 0.15) is 30.2 Å². The van der Waals surface area contributed by atoms with Crippen LogP contribution in [0.2, 0.25) is 0 Å². The first kappa shape index (κ1) is 37.9. The number of piperidine rings is 1. The molecule has 3 aromatic rings. The summed E-state index contributed by atoms with van der Waals surface area (Å²) in [5, 5.41) is 6.78. The molecule has 0 radical (unpaired) electrons. The van der Waals surface area contributed by atoms with Crippen molar-refractivity contribution in [2.75, 3.05) is 63.7 Å². The van der Waals surface area contributed by atoms with Crippen LogP contribution in [0.4, 0.5) is 33.7 Å². The number of methoxy groups -OCH3 is 1. The Morgan fingerprint density at radius 3 is 2.59 bits per heavy atom. The van der Waals surface area contributed by atoms with E-state index in [1.807, 2.05) is 6.07 Å². The number of anilines is 2. The van der Waals surface area contributed by atoms with Crippen LogP contribution >= 0.6 is 11.3 Å². The number of sulfonamides is 1. The van der Waals surface area contributed by atoms with Gasteiger partial charge in [0.25, 0.3) is 10.0 Å². The summed E-state index contributed by atoms with van der Waals surface area (Å²) in [5.74, 6) is 3.48. The van der Waals surface area contributed by atoms with Crippen LogP contribution in [0.15, 0.2) is 35.2 Å². The molecule has 1 atom stereocenters. The number of likely N-dealkylation sites (tertiary alicyclic amines) is 1. The Bertz CT molecular complexity index is 1920. The number of cyclic esters (lactones) is 2. The zero-order chi connectivity index (χ0) is 36.8. The standard InChI is InChI=1S/C33H36F4N4O8S2/c1-20(42)40-51(44,45)30-16-28(47-14-13-46-2)27(15-25(30)34)38-10-4-7-29-24(17-33(35,36)37)23-5-3-6-26(31(23)50-29)39-21-8-11-41(12-9-21)18-22-19-48-32(43)49-22/h3,5-6,15-16,21-22,38-39H,8-14,17-19H2,1-2H3,(H,40,42). The quantitative estimate of drug-likeness (QED) is 0.0952. The fourth-order valence-corrected chi connectivity index (χ4v) is 7.96. The molecular formula is C33H36F4N4O8S2. The Balaban J connectivity index is 1.33. The first-order chi connectivity index (χ1) is 24.2. The molecule has 276 valence electrons. The SMILES string of the molecule is COCCOc1cc(S(=O)(=O)NC(C)=O)c(F)cc1NCC#Cc1sc2c(NC3CCN(CC4COC(=O)O4)CC3)cccc2c1CC(F)(F)F. The molecule has 5 rings (SSSR count). The number of hydrogen-bond donors (Lipinski definition) is 3. The lowest BCUT2D eigenvalue weighted by molar-refractivity contribution is -0.127. The molecule has 1 aromatic heterocycles. The number of thiophene rings is 1. The van der Waals surface area contributed by atoms with Crippen molar-refractivity contribution in [1.82, 2.24) is 9.62 Å². The molecule has 2 fully saturated rings. The molecule has 3 heterocycles. The second-order valence-corrected chi connectivity index (χ2v) is 14.5. The Morgan fingerprint density at radius 1 is 1.16 bits per heavy atom. The molecule has 51 heavy (non-hydrogen) atoms. The van der Waals surface area contributed by atoms with E-state index in [-0.39, 0.29) is 60.4 Å². The van der Waals surface area contributed by atoms with Gasteiger partial charge in [-0.05, 0) is 29.9 Å². The third kappa shape index (κ3) is 10.2. The van der Waals surface area contributed by atoms with Gasteiger partial charge in [0.2, 0.25) is 5.91 Å². The minimum atomic E-state index is -4.53. The van der Waals surface area contributed by atoms with Crippen LogP contribution in [-0.2, 0) is 35.4 Å². The second kappa shape index (κ2) is 16.4. The Hall–Kier alpha value is -4.31. The summed E-state index contributed by atoms with van der Waals surface area (Å²) in [5.41, 5.74) is 0.775. The Kier molecular flexibility index (Phi) is 12.2. The van der Waals surface area contributed by atoms with Gasteiger partial charge in [0.1, 0.15) is 29.7 Å². The van der Waals surface area contributed by atoms with Crippen molar-refractivity contribution in [2.45, 2.75) is 49.4 Å². The normalized spacial score (nSPS) is 17.0. The van der Waals surface area contributed by atoms with E-state index in [1.165, 1.54) is 7.11 Å². The third-order valence-corrected chi connectivity index (χ3v) is 10.6. The zero-order valence-electron chi connectivity index (χ0n) is 27.7. The minimum absolute atomic E-state index is 0.0206. The number of carbonyl (C=O) groups is 2. The van der Waals surface area contributed by atoms with Crippen molar-refractivity contribution in [3.05, 3.63) is 46.6 Å². The highest BCUT2D eigenvalue weighted by atomic mass is 32.2. The molecule has 2 aliphatic heterocycles. The van der Waals surface area contributed by atoms with Gasteiger partial charge in [0, 0.05) is 51.8 Å². The number of carbonyl (C=O) groups excluding carboxylic acids is 2. The van der Waals surface area contributed by atoms with E-state index in [0.29, 0.717) is 22.3 Å². The minimum Gasteiger partial charge on any atom is -0.489 e. The number of rotatable bonds is 13. The van der Waals surface area contributed by atoms with E-state index < -0.39 is 45.4 Å². The van der Waals surface area contributed by atoms with Crippen LogP contribution in [0.25, 0.3) is 10.1 Å². The van der Waals surface area contributed by atoms with Crippen molar-refractivity contribution in [2.24, 2.45) is 0 Å². The van der Waals surface area contributed by atoms with E-state index >= 15 is 0 Å². The number of amides is 1. The largest absolute Gasteiger partial charge is 0.508 e. The van der Waals surface area contributed by atoms with Gasteiger partial charge in [-0.15, -0.1) is 11.3 Å². The molecular weight excluding hydrogens is 721 g/mol. The average molecular weight is 757 g/mol. The molecule has 0 saturated carbocycles. The zero-order valence-corrected chi connectivity index (χ0v) is 29.3. The number of benzene rings is 2. The maximum Gasteiger partial charge on any atom is 0.508 e.